The molecular formula is C13H24ClNO4S. The van der Waals surface area contributed by atoms with E-state index in [1.165, 1.54) is 0 Å². The molecule has 1 amide bonds. The minimum atomic E-state index is -3.65. The normalized spacial score (nSPS) is 18.8. The van der Waals surface area contributed by atoms with Crippen molar-refractivity contribution in [3.05, 3.63) is 0 Å². The first-order valence-electron chi connectivity index (χ1n) is 6.97. The second kappa shape index (κ2) is 6.98. The molecule has 0 aromatic carbocycles. The predicted molar refractivity (Wildman–Crippen MR) is 79.4 cm³/mol. The molecule has 0 aliphatic heterocycles. The molecule has 7 heteroatoms. The number of amides is 1. The Morgan fingerprint density at radius 1 is 1.35 bits per heavy atom. The van der Waals surface area contributed by atoms with Gasteiger partial charge in [0, 0.05) is 16.7 Å². The number of carbonyl (C=O) groups is 1. The zero-order chi connectivity index (χ0) is 15.4. The number of rotatable bonds is 5. The van der Waals surface area contributed by atoms with Crippen LogP contribution in [0.4, 0.5) is 4.79 Å². The fraction of sp³-hybridized carbons (Fsp3) is 0.923. The molecule has 0 heterocycles. The van der Waals surface area contributed by atoms with E-state index in [0.29, 0.717) is 12.3 Å². The molecule has 0 bridgehead atoms. The Morgan fingerprint density at radius 2 is 1.90 bits per heavy atom. The van der Waals surface area contributed by atoms with E-state index in [0.717, 1.165) is 25.7 Å². The van der Waals surface area contributed by atoms with Gasteiger partial charge in [-0.05, 0) is 33.1 Å². The van der Waals surface area contributed by atoms with Crippen LogP contribution in [-0.4, -0.2) is 31.9 Å². The summed E-state index contributed by atoms with van der Waals surface area (Å²) in [5.41, 5.74) is -0.609. The van der Waals surface area contributed by atoms with Crippen LogP contribution in [0.25, 0.3) is 0 Å². The summed E-state index contributed by atoms with van der Waals surface area (Å²) < 4.78 is 27.7. The minimum Gasteiger partial charge on any atom is -0.444 e. The molecule has 5 nitrogen and oxygen atoms in total. The van der Waals surface area contributed by atoms with E-state index in [9.17, 15) is 13.2 Å². The van der Waals surface area contributed by atoms with Gasteiger partial charge in [0.25, 0.3) is 0 Å². The lowest BCUT2D eigenvalue weighted by atomic mass is 9.99. The molecule has 1 aliphatic rings. The number of carbonyl (C=O) groups excluding carboxylic acids is 1. The van der Waals surface area contributed by atoms with Crippen LogP contribution in [0.1, 0.15) is 52.9 Å². The summed E-state index contributed by atoms with van der Waals surface area (Å²) in [5, 5.41) is 2.63. The Hall–Kier alpha value is -0.490. The molecule has 1 rings (SSSR count). The molecule has 1 fully saturated rings. The van der Waals surface area contributed by atoms with Gasteiger partial charge in [-0.3, -0.25) is 0 Å². The number of halogens is 1. The molecule has 1 atom stereocenters. The van der Waals surface area contributed by atoms with Crippen molar-refractivity contribution in [1.82, 2.24) is 5.32 Å². The molecule has 0 radical (unpaired) electrons. The number of alkyl carbamates (subject to hydrolysis) is 1. The van der Waals surface area contributed by atoms with E-state index in [1.54, 1.807) is 20.8 Å². The van der Waals surface area contributed by atoms with E-state index in [2.05, 4.69) is 5.32 Å². The highest BCUT2D eigenvalue weighted by Crippen LogP contribution is 2.29. The van der Waals surface area contributed by atoms with Gasteiger partial charge in [-0.25, -0.2) is 13.2 Å². The third-order valence-corrected chi connectivity index (χ3v) is 4.39. The first-order chi connectivity index (χ1) is 9.05. The van der Waals surface area contributed by atoms with Crippen LogP contribution >= 0.6 is 10.7 Å². The van der Waals surface area contributed by atoms with E-state index in [-0.39, 0.29) is 5.75 Å². The number of hydrogen-bond donors (Lipinski definition) is 1. The van der Waals surface area contributed by atoms with E-state index in [1.807, 2.05) is 0 Å². The van der Waals surface area contributed by atoms with Crippen molar-refractivity contribution in [2.45, 2.75) is 64.5 Å². The number of hydrogen-bond acceptors (Lipinski definition) is 4. The molecule has 1 N–H and O–H groups in total. The molecule has 1 unspecified atom stereocenters. The van der Waals surface area contributed by atoms with Crippen LogP contribution in [0.3, 0.4) is 0 Å². The van der Waals surface area contributed by atoms with Crippen molar-refractivity contribution in [2.75, 3.05) is 5.75 Å². The lowest BCUT2D eigenvalue weighted by Crippen LogP contribution is -2.42. The van der Waals surface area contributed by atoms with E-state index >= 15 is 0 Å². The van der Waals surface area contributed by atoms with Crippen molar-refractivity contribution >= 4 is 25.8 Å². The van der Waals surface area contributed by atoms with Gasteiger partial charge in [0.15, 0.2) is 0 Å². The van der Waals surface area contributed by atoms with Gasteiger partial charge in [-0.1, -0.05) is 25.7 Å². The van der Waals surface area contributed by atoms with Gasteiger partial charge < -0.3 is 10.1 Å². The van der Waals surface area contributed by atoms with Crippen molar-refractivity contribution < 1.29 is 17.9 Å². The summed E-state index contributed by atoms with van der Waals surface area (Å²) in [6, 6.07) is -0.490. The smallest absolute Gasteiger partial charge is 0.407 e. The van der Waals surface area contributed by atoms with E-state index < -0.39 is 26.8 Å². The summed E-state index contributed by atoms with van der Waals surface area (Å²) >= 11 is 0. The average Bonchev–Trinajstić information content (AvgIpc) is 2.63. The standard InChI is InChI=1S/C13H24ClNO4S/c1-13(2,3)19-12(16)15-11(9-20(14,17)18)8-10-6-4-5-7-10/h10-11H,4-9H2,1-3H3,(H,15,16). The largest absolute Gasteiger partial charge is 0.444 e. The van der Waals surface area contributed by atoms with Gasteiger partial charge in [0.05, 0.1) is 5.75 Å². The molecule has 1 aliphatic carbocycles. The molecule has 0 aromatic heterocycles. The Kier molecular flexibility index (Phi) is 6.13. The highest BCUT2D eigenvalue weighted by atomic mass is 35.7. The summed E-state index contributed by atoms with van der Waals surface area (Å²) in [4.78, 5) is 11.8. The van der Waals surface area contributed by atoms with Gasteiger partial charge in [-0.2, -0.15) is 0 Å². The first kappa shape index (κ1) is 17.6. The highest BCUT2D eigenvalue weighted by Gasteiger charge is 2.26. The molecular weight excluding hydrogens is 302 g/mol. The molecule has 0 aromatic rings. The predicted octanol–water partition coefficient (Wildman–Crippen LogP) is 3.03. The maximum atomic E-state index is 11.8. The zero-order valence-electron chi connectivity index (χ0n) is 12.3. The Bertz CT molecular complexity index is 424. The van der Waals surface area contributed by atoms with Crippen LogP contribution in [-0.2, 0) is 13.8 Å². The molecule has 118 valence electrons. The third-order valence-electron chi connectivity index (χ3n) is 3.21. The van der Waals surface area contributed by atoms with Crippen molar-refractivity contribution in [3.8, 4) is 0 Å². The Balaban J connectivity index is 2.59. The van der Waals surface area contributed by atoms with E-state index in [4.69, 9.17) is 15.4 Å². The summed E-state index contributed by atoms with van der Waals surface area (Å²) in [6.07, 6.45) is 4.52. The summed E-state index contributed by atoms with van der Waals surface area (Å²) in [6.45, 7) is 5.28. The molecule has 1 saturated carbocycles. The summed E-state index contributed by atoms with van der Waals surface area (Å²) in [7, 11) is 1.66. The monoisotopic (exact) mass is 325 g/mol. The lowest BCUT2D eigenvalue weighted by molar-refractivity contribution is 0.0503. The zero-order valence-corrected chi connectivity index (χ0v) is 13.9. The number of nitrogens with one attached hydrogen (secondary N) is 1. The van der Waals surface area contributed by atoms with Crippen molar-refractivity contribution in [2.24, 2.45) is 5.92 Å². The van der Waals surface area contributed by atoms with Crippen LogP contribution in [0.5, 0.6) is 0 Å². The maximum Gasteiger partial charge on any atom is 0.407 e. The quantitative estimate of drug-likeness (QED) is 0.788. The number of ether oxygens (including phenoxy) is 1. The topological polar surface area (TPSA) is 72.5 Å². The summed E-state index contributed by atoms with van der Waals surface area (Å²) in [5.74, 6) is 0.193. The van der Waals surface area contributed by atoms with Gasteiger partial charge >= 0.3 is 6.09 Å². The van der Waals surface area contributed by atoms with Crippen LogP contribution in [0.2, 0.25) is 0 Å². The SMILES string of the molecule is CC(C)(C)OC(=O)NC(CC1CCCC1)CS(=O)(=O)Cl. The molecule has 0 spiro atoms. The average molecular weight is 326 g/mol. The lowest BCUT2D eigenvalue weighted by Gasteiger charge is -2.24. The maximum absolute atomic E-state index is 11.8. The van der Waals surface area contributed by atoms with Crippen LogP contribution in [0.15, 0.2) is 0 Å². The molecule has 20 heavy (non-hydrogen) atoms. The van der Waals surface area contributed by atoms with Crippen molar-refractivity contribution in [3.63, 3.8) is 0 Å². The van der Waals surface area contributed by atoms with Crippen LogP contribution < -0.4 is 5.32 Å². The Labute approximate surface area is 125 Å². The third kappa shape index (κ3) is 7.94. The highest BCUT2D eigenvalue weighted by molar-refractivity contribution is 8.13. The Morgan fingerprint density at radius 3 is 2.35 bits per heavy atom. The van der Waals surface area contributed by atoms with Crippen LogP contribution in [0, 0.1) is 5.92 Å². The fourth-order valence-electron chi connectivity index (χ4n) is 2.53. The van der Waals surface area contributed by atoms with Gasteiger partial charge in [0.2, 0.25) is 9.05 Å². The molecule has 0 saturated heterocycles. The van der Waals surface area contributed by atoms with Gasteiger partial charge in [0.1, 0.15) is 5.60 Å². The first-order valence-corrected chi connectivity index (χ1v) is 9.45. The fourth-order valence-corrected chi connectivity index (χ4v) is 3.69. The minimum absolute atomic E-state index is 0.260. The second-order valence-electron chi connectivity index (χ2n) is 6.43. The van der Waals surface area contributed by atoms with Crippen molar-refractivity contribution in [1.29, 1.82) is 0 Å². The van der Waals surface area contributed by atoms with Gasteiger partial charge in [-0.15, -0.1) is 0 Å². The second-order valence-corrected chi connectivity index (χ2v) is 9.26.